The molecule has 0 bridgehead atoms. The summed E-state index contributed by atoms with van der Waals surface area (Å²) in [5.41, 5.74) is 1.23. The van der Waals surface area contributed by atoms with E-state index >= 15 is 0 Å². The van der Waals surface area contributed by atoms with Crippen LogP contribution in [0, 0.1) is 11.7 Å². The second-order valence-corrected chi connectivity index (χ2v) is 4.51. The Morgan fingerprint density at radius 3 is 2.73 bits per heavy atom. The van der Waals surface area contributed by atoms with Gasteiger partial charge >= 0.3 is 0 Å². The molecule has 2 atom stereocenters. The maximum atomic E-state index is 12.7. The summed E-state index contributed by atoms with van der Waals surface area (Å²) in [6.07, 6.45) is 3.61. The second kappa shape index (κ2) is 4.75. The molecule has 1 N–H and O–H groups in total. The summed E-state index contributed by atoms with van der Waals surface area (Å²) in [6.45, 7) is 3.42. The summed E-state index contributed by atoms with van der Waals surface area (Å²) >= 11 is 0. The topological polar surface area (TPSA) is 12.0 Å². The number of benzene rings is 1. The molecule has 0 amide bonds. The van der Waals surface area contributed by atoms with Gasteiger partial charge in [-0.05, 0) is 49.4 Å². The van der Waals surface area contributed by atoms with E-state index in [2.05, 4.69) is 12.2 Å². The summed E-state index contributed by atoms with van der Waals surface area (Å²) in [5, 5.41) is 3.51. The van der Waals surface area contributed by atoms with Crippen LogP contribution in [0.5, 0.6) is 0 Å². The van der Waals surface area contributed by atoms with E-state index in [1.165, 1.54) is 18.4 Å². The van der Waals surface area contributed by atoms with Crippen LogP contribution in [0.25, 0.3) is 0 Å². The molecule has 0 aliphatic carbocycles. The van der Waals surface area contributed by atoms with Crippen LogP contribution in [0.15, 0.2) is 24.3 Å². The average Bonchev–Trinajstić information content (AvgIpc) is 2.74. The summed E-state index contributed by atoms with van der Waals surface area (Å²) in [5.74, 6) is 0.489. The zero-order chi connectivity index (χ0) is 10.7. The smallest absolute Gasteiger partial charge is 0.123 e. The van der Waals surface area contributed by atoms with Crippen LogP contribution in [0.1, 0.15) is 25.3 Å². The fourth-order valence-electron chi connectivity index (χ4n) is 2.33. The van der Waals surface area contributed by atoms with Gasteiger partial charge in [-0.2, -0.15) is 0 Å². The standard InChI is InChI=1S/C13H18FN/c1-10(13-3-2-8-15-13)9-11-4-6-12(14)7-5-11/h4-7,10,13,15H,2-3,8-9H2,1H3. The molecular weight excluding hydrogens is 189 g/mol. The quantitative estimate of drug-likeness (QED) is 0.803. The SMILES string of the molecule is CC(Cc1ccc(F)cc1)C1CCCN1. The molecule has 1 nitrogen and oxygen atoms in total. The van der Waals surface area contributed by atoms with E-state index in [4.69, 9.17) is 0 Å². The van der Waals surface area contributed by atoms with Crippen molar-refractivity contribution in [2.24, 2.45) is 5.92 Å². The summed E-state index contributed by atoms with van der Waals surface area (Å²) < 4.78 is 12.7. The van der Waals surface area contributed by atoms with Crippen molar-refractivity contribution in [3.63, 3.8) is 0 Å². The monoisotopic (exact) mass is 207 g/mol. The highest BCUT2D eigenvalue weighted by molar-refractivity contribution is 5.16. The van der Waals surface area contributed by atoms with E-state index in [-0.39, 0.29) is 5.82 Å². The zero-order valence-corrected chi connectivity index (χ0v) is 9.17. The molecule has 1 aliphatic heterocycles. The minimum absolute atomic E-state index is 0.148. The van der Waals surface area contributed by atoms with Gasteiger partial charge in [0.05, 0.1) is 0 Å². The van der Waals surface area contributed by atoms with Crippen LogP contribution in [0.3, 0.4) is 0 Å². The number of hydrogen-bond acceptors (Lipinski definition) is 1. The molecule has 1 saturated heterocycles. The number of halogens is 1. The first-order valence-corrected chi connectivity index (χ1v) is 5.73. The van der Waals surface area contributed by atoms with E-state index in [0.717, 1.165) is 13.0 Å². The van der Waals surface area contributed by atoms with Gasteiger partial charge in [-0.3, -0.25) is 0 Å². The molecule has 1 aliphatic rings. The Bertz CT molecular complexity index is 301. The first kappa shape index (κ1) is 10.6. The Labute approximate surface area is 90.7 Å². The minimum Gasteiger partial charge on any atom is -0.314 e. The molecule has 82 valence electrons. The van der Waals surface area contributed by atoms with Crippen molar-refractivity contribution in [2.75, 3.05) is 6.54 Å². The van der Waals surface area contributed by atoms with Gasteiger partial charge in [-0.25, -0.2) is 4.39 Å². The van der Waals surface area contributed by atoms with E-state index < -0.39 is 0 Å². The van der Waals surface area contributed by atoms with Gasteiger partial charge in [-0.15, -0.1) is 0 Å². The van der Waals surface area contributed by atoms with Crippen molar-refractivity contribution in [1.29, 1.82) is 0 Å². The van der Waals surface area contributed by atoms with Crippen LogP contribution in [-0.4, -0.2) is 12.6 Å². The van der Waals surface area contributed by atoms with E-state index in [1.54, 1.807) is 12.1 Å². The van der Waals surface area contributed by atoms with E-state index in [9.17, 15) is 4.39 Å². The third-order valence-electron chi connectivity index (χ3n) is 3.26. The van der Waals surface area contributed by atoms with Crippen molar-refractivity contribution in [2.45, 2.75) is 32.2 Å². The highest BCUT2D eigenvalue weighted by Gasteiger charge is 2.20. The predicted octanol–water partition coefficient (Wildman–Crippen LogP) is 2.76. The average molecular weight is 207 g/mol. The lowest BCUT2D eigenvalue weighted by atomic mass is 9.93. The molecule has 15 heavy (non-hydrogen) atoms. The van der Waals surface area contributed by atoms with E-state index in [0.29, 0.717) is 12.0 Å². The molecular formula is C13H18FN. The van der Waals surface area contributed by atoms with E-state index in [1.807, 2.05) is 12.1 Å². The predicted molar refractivity (Wildman–Crippen MR) is 60.3 cm³/mol. The van der Waals surface area contributed by atoms with Crippen molar-refractivity contribution in [3.05, 3.63) is 35.6 Å². The number of hydrogen-bond donors (Lipinski definition) is 1. The van der Waals surface area contributed by atoms with Crippen LogP contribution in [-0.2, 0) is 6.42 Å². The van der Waals surface area contributed by atoms with Gasteiger partial charge < -0.3 is 5.32 Å². The Kier molecular flexibility index (Phi) is 3.37. The molecule has 2 unspecified atom stereocenters. The maximum Gasteiger partial charge on any atom is 0.123 e. The molecule has 1 fully saturated rings. The summed E-state index contributed by atoms with van der Waals surface area (Å²) in [6, 6.07) is 7.52. The Morgan fingerprint density at radius 2 is 2.13 bits per heavy atom. The molecule has 1 aromatic carbocycles. The third kappa shape index (κ3) is 2.78. The third-order valence-corrected chi connectivity index (χ3v) is 3.26. The fourth-order valence-corrected chi connectivity index (χ4v) is 2.33. The number of rotatable bonds is 3. The largest absolute Gasteiger partial charge is 0.314 e. The molecule has 0 aromatic heterocycles. The molecule has 0 spiro atoms. The lowest BCUT2D eigenvalue weighted by molar-refractivity contribution is 0.417. The highest BCUT2D eigenvalue weighted by Crippen LogP contribution is 2.19. The highest BCUT2D eigenvalue weighted by atomic mass is 19.1. The maximum absolute atomic E-state index is 12.7. The molecule has 2 heteroatoms. The second-order valence-electron chi connectivity index (χ2n) is 4.51. The summed E-state index contributed by atoms with van der Waals surface area (Å²) in [7, 11) is 0. The van der Waals surface area contributed by atoms with Gasteiger partial charge in [0.1, 0.15) is 5.82 Å². The first-order valence-electron chi connectivity index (χ1n) is 5.73. The lowest BCUT2D eigenvalue weighted by Crippen LogP contribution is -2.29. The molecule has 0 radical (unpaired) electrons. The summed E-state index contributed by atoms with van der Waals surface area (Å²) in [4.78, 5) is 0. The first-order chi connectivity index (χ1) is 7.25. The molecule has 1 aromatic rings. The fraction of sp³-hybridized carbons (Fsp3) is 0.538. The molecule has 1 heterocycles. The van der Waals surface area contributed by atoms with Crippen molar-refractivity contribution >= 4 is 0 Å². The Balaban J connectivity index is 1.92. The Hall–Kier alpha value is -0.890. The van der Waals surface area contributed by atoms with Crippen molar-refractivity contribution in [3.8, 4) is 0 Å². The van der Waals surface area contributed by atoms with Gasteiger partial charge in [0.25, 0.3) is 0 Å². The number of nitrogens with one attached hydrogen (secondary N) is 1. The molecule has 2 rings (SSSR count). The minimum atomic E-state index is -0.148. The zero-order valence-electron chi connectivity index (χ0n) is 9.17. The van der Waals surface area contributed by atoms with Gasteiger partial charge in [0, 0.05) is 6.04 Å². The van der Waals surface area contributed by atoms with Gasteiger partial charge in [0.2, 0.25) is 0 Å². The van der Waals surface area contributed by atoms with Crippen molar-refractivity contribution in [1.82, 2.24) is 5.32 Å². The van der Waals surface area contributed by atoms with Gasteiger partial charge in [-0.1, -0.05) is 19.1 Å². The van der Waals surface area contributed by atoms with Crippen LogP contribution in [0.2, 0.25) is 0 Å². The van der Waals surface area contributed by atoms with Crippen molar-refractivity contribution < 1.29 is 4.39 Å². The Morgan fingerprint density at radius 1 is 1.40 bits per heavy atom. The van der Waals surface area contributed by atoms with Crippen LogP contribution >= 0.6 is 0 Å². The van der Waals surface area contributed by atoms with Crippen LogP contribution in [0.4, 0.5) is 4.39 Å². The lowest BCUT2D eigenvalue weighted by Gasteiger charge is -2.19. The van der Waals surface area contributed by atoms with Crippen LogP contribution < -0.4 is 5.32 Å². The molecule has 0 saturated carbocycles. The normalized spacial score (nSPS) is 22.9. The van der Waals surface area contributed by atoms with Gasteiger partial charge in [0.15, 0.2) is 0 Å².